The summed E-state index contributed by atoms with van der Waals surface area (Å²) >= 11 is 0. The van der Waals surface area contributed by atoms with Crippen LogP contribution >= 0.6 is 0 Å². The average molecular weight is 643 g/mol. The fraction of sp³-hybridized carbons (Fsp3) is 0.412. The molecule has 0 fully saturated rings. The number of halogens is 1. The molecule has 3 aromatic rings. The second kappa shape index (κ2) is 13.1. The van der Waals surface area contributed by atoms with Gasteiger partial charge in [-0.1, -0.05) is 12.1 Å². The van der Waals surface area contributed by atoms with Crippen molar-refractivity contribution in [1.29, 1.82) is 0 Å². The molecular weight excluding hydrogens is 603 g/mol. The normalized spacial score (nSPS) is 16.2. The lowest BCUT2D eigenvalue weighted by Crippen LogP contribution is -2.38. The third-order valence-corrected chi connectivity index (χ3v) is 9.02. The Balaban J connectivity index is 1.09. The zero-order chi connectivity index (χ0) is 33.4. The number of hydrogen-bond donors (Lipinski definition) is 1. The number of fused-ring (bicyclic) bond motifs is 1. The van der Waals surface area contributed by atoms with Gasteiger partial charge in [-0.15, -0.1) is 10.2 Å². The topological polar surface area (TPSA) is 138 Å². The van der Waals surface area contributed by atoms with Crippen LogP contribution in [0.2, 0.25) is 0 Å². The molecule has 47 heavy (non-hydrogen) atoms. The summed E-state index contributed by atoms with van der Waals surface area (Å²) in [7, 11) is 1.78. The fourth-order valence-corrected chi connectivity index (χ4v) is 6.64. The Labute approximate surface area is 273 Å². The van der Waals surface area contributed by atoms with E-state index in [9.17, 15) is 18.8 Å². The van der Waals surface area contributed by atoms with Gasteiger partial charge in [0.1, 0.15) is 17.9 Å². The van der Waals surface area contributed by atoms with Gasteiger partial charge in [-0.25, -0.2) is 9.37 Å². The molecule has 2 N–H and O–H groups in total. The number of benzene rings is 2. The predicted molar refractivity (Wildman–Crippen MR) is 173 cm³/mol. The van der Waals surface area contributed by atoms with Crippen molar-refractivity contribution in [2.75, 3.05) is 44.7 Å². The molecule has 0 bridgehead atoms. The van der Waals surface area contributed by atoms with Crippen LogP contribution in [-0.4, -0.2) is 99.5 Å². The van der Waals surface area contributed by atoms with Gasteiger partial charge in [0.05, 0.1) is 5.56 Å². The van der Waals surface area contributed by atoms with Crippen molar-refractivity contribution in [1.82, 2.24) is 29.9 Å². The number of rotatable bonds is 10. The zero-order valence-corrected chi connectivity index (χ0v) is 27.1. The first-order valence-corrected chi connectivity index (χ1v) is 15.8. The molecule has 6 rings (SSSR count). The summed E-state index contributed by atoms with van der Waals surface area (Å²) < 4.78 is 20.4. The molecule has 0 unspecified atom stereocenters. The molecule has 246 valence electrons. The van der Waals surface area contributed by atoms with Gasteiger partial charge in [0.25, 0.3) is 17.7 Å². The third-order valence-electron chi connectivity index (χ3n) is 9.02. The molecule has 12 nitrogen and oxygen atoms in total. The zero-order valence-electron chi connectivity index (χ0n) is 27.1. The predicted octanol–water partition coefficient (Wildman–Crippen LogP) is 3.18. The fourth-order valence-electron chi connectivity index (χ4n) is 6.64. The first-order valence-electron chi connectivity index (χ1n) is 15.8. The monoisotopic (exact) mass is 642 g/mol. The molecular formula is C34H39FN8O4. The number of carbonyl (C=O) groups excluding carboxylic acids is 3. The molecule has 3 aliphatic heterocycles. The van der Waals surface area contributed by atoms with Crippen LogP contribution in [0.3, 0.4) is 0 Å². The molecule has 0 radical (unpaired) electrons. The summed E-state index contributed by atoms with van der Waals surface area (Å²) in [6, 6.07) is 9.04. The Morgan fingerprint density at radius 2 is 1.83 bits per heavy atom. The summed E-state index contributed by atoms with van der Waals surface area (Å²) in [5.41, 5.74) is 11.5. The minimum absolute atomic E-state index is 0.00916. The van der Waals surface area contributed by atoms with Gasteiger partial charge in [-0.05, 0) is 73.7 Å². The number of anilines is 1. The van der Waals surface area contributed by atoms with E-state index in [1.54, 1.807) is 16.8 Å². The summed E-state index contributed by atoms with van der Waals surface area (Å²) in [6.07, 6.45) is 2.05. The lowest BCUT2D eigenvalue weighted by molar-refractivity contribution is -0.130. The molecule has 3 amide bonds. The Bertz CT molecular complexity index is 1740. The number of ether oxygens (including phenoxy) is 1. The smallest absolute Gasteiger partial charge is 0.282 e. The van der Waals surface area contributed by atoms with Crippen LogP contribution in [0.15, 0.2) is 53.9 Å². The Hall–Kier alpha value is -4.91. The number of aromatic nitrogens is 3. The standard InChI is InChI=1S/C34H39FN8O4/c1-5-43(20(2)3)34(46)27-12-24(35)9-10-29(27)47-32-31(37-19-38-39-32)42-16-22-14-41(15-23(22)17-42)30(44)13-25(36)11-21-7-6-8-26-28(21)18-40(4)33(26)45/h6-10,12,19-20,25H,5,11,13-18,36H2,1-4H3/t25-/m1/s1. The summed E-state index contributed by atoms with van der Waals surface area (Å²) in [5.74, 6) is -0.208. The highest BCUT2D eigenvalue weighted by molar-refractivity contribution is 5.98. The highest BCUT2D eigenvalue weighted by atomic mass is 19.1. The van der Waals surface area contributed by atoms with E-state index >= 15 is 0 Å². The molecule has 1 aromatic heterocycles. The summed E-state index contributed by atoms with van der Waals surface area (Å²) in [4.78, 5) is 50.6. The van der Waals surface area contributed by atoms with E-state index in [0.717, 1.165) is 22.3 Å². The highest BCUT2D eigenvalue weighted by Gasteiger charge is 2.35. The van der Waals surface area contributed by atoms with Crippen LogP contribution in [0.1, 0.15) is 59.0 Å². The van der Waals surface area contributed by atoms with Crippen molar-refractivity contribution in [3.05, 3.63) is 81.9 Å². The highest BCUT2D eigenvalue weighted by Crippen LogP contribution is 2.36. The Kier molecular flexibility index (Phi) is 8.91. The van der Waals surface area contributed by atoms with Crippen LogP contribution in [0, 0.1) is 5.82 Å². The minimum atomic E-state index is -0.550. The van der Waals surface area contributed by atoms with E-state index < -0.39 is 5.82 Å². The minimum Gasteiger partial charge on any atom is -0.434 e. The SMILES string of the molecule is CCN(C(=O)c1cc(F)ccc1Oc1nncnc1N1CC2=C(CN(C(=O)C[C@H](N)Cc3cccc4c3CN(C)C4=O)C2)C1)C(C)C. The number of carbonyl (C=O) groups is 3. The maximum absolute atomic E-state index is 14.3. The van der Waals surface area contributed by atoms with Gasteiger partial charge >= 0.3 is 0 Å². The molecule has 0 saturated carbocycles. The van der Waals surface area contributed by atoms with Crippen LogP contribution in [-0.2, 0) is 17.8 Å². The van der Waals surface area contributed by atoms with E-state index in [2.05, 4.69) is 15.2 Å². The molecule has 0 aliphatic carbocycles. The lowest BCUT2D eigenvalue weighted by Gasteiger charge is -2.26. The van der Waals surface area contributed by atoms with E-state index in [-0.39, 0.29) is 53.4 Å². The van der Waals surface area contributed by atoms with Crippen molar-refractivity contribution in [3.8, 4) is 11.6 Å². The summed E-state index contributed by atoms with van der Waals surface area (Å²) in [6.45, 7) is 8.68. The molecule has 0 saturated heterocycles. The van der Waals surface area contributed by atoms with Crippen LogP contribution < -0.4 is 15.4 Å². The largest absolute Gasteiger partial charge is 0.434 e. The van der Waals surface area contributed by atoms with Crippen molar-refractivity contribution < 1.29 is 23.5 Å². The van der Waals surface area contributed by atoms with Gasteiger partial charge in [0.15, 0.2) is 5.82 Å². The Morgan fingerprint density at radius 1 is 1.09 bits per heavy atom. The van der Waals surface area contributed by atoms with Crippen LogP contribution in [0.4, 0.5) is 10.2 Å². The maximum atomic E-state index is 14.3. The molecule has 1 atom stereocenters. The van der Waals surface area contributed by atoms with Gasteiger partial charge in [0, 0.05) is 70.4 Å². The quantitative estimate of drug-likeness (QED) is 0.331. The number of nitrogens with zero attached hydrogens (tertiary/aromatic N) is 7. The van der Waals surface area contributed by atoms with Gasteiger partial charge in [-0.3, -0.25) is 14.4 Å². The van der Waals surface area contributed by atoms with E-state index in [0.29, 0.717) is 57.1 Å². The molecule has 0 spiro atoms. The second-order valence-electron chi connectivity index (χ2n) is 12.6. The number of nitrogens with two attached hydrogens (primary N) is 1. The average Bonchev–Trinajstić information content (AvgIpc) is 3.71. The van der Waals surface area contributed by atoms with E-state index in [1.807, 2.05) is 48.8 Å². The maximum Gasteiger partial charge on any atom is 0.282 e. The van der Waals surface area contributed by atoms with Crippen molar-refractivity contribution >= 4 is 23.5 Å². The van der Waals surface area contributed by atoms with E-state index in [4.69, 9.17) is 10.5 Å². The van der Waals surface area contributed by atoms with Crippen molar-refractivity contribution in [2.24, 2.45) is 5.73 Å². The van der Waals surface area contributed by atoms with Gasteiger partial charge in [-0.2, -0.15) is 0 Å². The van der Waals surface area contributed by atoms with Crippen molar-refractivity contribution in [3.63, 3.8) is 0 Å². The van der Waals surface area contributed by atoms with E-state index in [1.165, 1.54) is 24.5 Å². The third kappa shape index (κ3) is 6.39. The van der Waals surface area contributed by atoms with Gasteiger partial charge in [0.2, 0.25) is 5.91 Å². The van der Waals surface area contributed by atoms with Gasteiger partial charge < -0.3 is 30.1 Å². The first-order chi connectivity index (χ1) is 22.5. The summed E-state index contributed by atoms with van der Waals surface area (Å²) in [5, 5.41) is 8.06. The molecule has 3 aliphatic rings. The molecule has 13 heteroatoms. The lowest BCUT2D eigenvalue weighted by atomic mass is 9.96. The molecule has 4 heterocycles. The number of amides is 3. The first kappa shape index (κ1) is 32.0. The van der Waals surface area contributed by atoms with Crippen LogP contribution in [0.5, 0.6) is 11.6 Å². The van der Waals surface area contributed by atoms with Crippen LogP contribution in [0.25, 0.3) is 0 Å². The van der Waals surface area contributed by atoms with Crippen molar-refractivity contribution in [2.45, 2.75) is 52.2 Å². The Morgan fingerprint density at radius 3 is 2.53 bits per heavy atom. The second-order valence-corrected chi connectivity index (χ2v) is 12.6. The molecule has 2 aromatic carbocycles. The number of hydrogen-bond acceptors (Lipinski definition) is 9.